The number of hydrogen-bond donors (Lipinski definition) is 2. The van der Waals surface area contributed by atoms with Gasteiger partial charge < -0.3 is 0 Å². The van der Waals surface area contributed by atoms with E-state index in [-0.39, 0.29) is 12.2 Å². The molecule has 94 valence electrons. The highest BCUT2D eigenvalue weighted by Crippen LogP contribution is 2.23. The fourth-order valence-electron chi connectivity index (χ4n) is 1.47. The van der Waals surface area contributed by atoms with Gasteiger partial charge in [-0.2, -0.15) is 0 Å². The van der Waals surface area contributed by atoms with Crippen molar-refractivity contribution in [3.8, 4) is 0 Å². The van der Waals surface area contributed by atoms with Crippen molar-refractivity contribution in [3.63, 3.8) is 0 Å². The number of non-ortho nitro benzene ring substituents is 1. The molecule has 3 amide bonds. The lowest BCUT2D eigenvalue weighted by atomic mass is 10.2. The third kappa shape index (κ3) is 2.19. The van der Waals surface area contributed by atoms with E-state index in [1.165, 1.54) is 0 Å². The number of nitro benzene ring substituents is 1. The predicted molar refractivity (Wildman–Crippen MR) is 57.1 cm³/mol. The van der Waals surface area contributed by atoms with Gasteiger partial charge in [0.2, 0.25) is 5.91 Å². The summed E-state index contributed by atoms with van der Waals surface area (Å²) in [5, 5.41) is 13.4. The Morgan fingerprint density at radius 1 is 1.39 bits per heavy atom. The SMILES string of the molecule is O=C1CN(c2ccc([N+](=O)[O-])cc2F)NC(=O)N1. The van der Waals surface area contributed by atoms with E-state index in [4.69, 9.17) is 0 Å². The number of carbonyl (C=O) groups excluding carboxylic acids is 2. The lowest BCUT2D eigenvalue weighted by Crippen LogP contribution is -2.59. The monoisotopic (exact) mass is 254 g/mol. The van der Waals surface area contributed by atoms with E-state index in [1.807, 2.05) is 5.32 Å². The van der Waals surface area contributed by atoms with Crippen LogP contribution in [0.1, 0.15) is 0 Å². The molecule has 0 spiro atoms. The first kappa shape index (κ1) is 11.8. The first-order valence-corrected chi connectivity index (χ1v) is 4.79. The molecule has 8 nitrogen and oxygen atoms in total. The quantitative estimate of drug-likeness (QED) is 0.583. The minimum absolute atomic E-state index is 0.121. The van der Waals surface area contributed by atoms with Gasteiger partial charge >= 0.3 is 6.03 Å². The maximum absolute atomic E-state index is 13.6. The fraction of sp³-hybridized carbons (Fsp3) is 0.111. The lowest BCUT2D eigenvalue weighted by Gasteiger charge is -2.28. The largest absolute Gasteiger partial charge is 0.340 e. The predicted octanol–water partition coefficient (Wildman–Crippen LogP) is 0.295. The average Bonchev–Trinajstić information content (AvgIpc) is 2.27. The molecule has 0 aliphatic carbocycles. The molecule has 1 aromatic carbocycles. The molecule has 2 rings (SSSR count). The van der Waals surface area contributed by atoms with Crippen molar-refractivity contribution in [2.75, 3.05) is 11.6 Å². The zero-order valence-electron chi connectivity index (χ0n) is 8.84. The van der Waals surface area contributed by atoms with E-state index in [2.05, 4.69) is 5.43 Å². The number of nitro groups is 1. The summed E-state index contributed by atoms with van der Waals surface area (Å²) in [5.74, 6) is -1.50. The van der Waals surface area contributed by atoms with E-state index in [0.29, 0.717) is 6.07 Å². The van der Waals surface area contributed by atoms with Gasteiger partial charge in [0.1, 0.15) is 6.54 Å². The lowest BCUT2D eigenvalue weighted by molar-refractivity contribution is -0.385. The maximum Gasteiger partial charge on any atom is 0.340 e. The third-order valence-electron chi connectivity index (χ3n) is 2.22. The van der Waals surface area contributed by atoms with Crippen molar-refractivity contribution in [1.82, 2.24) is 10.7 Å². The number of hydrazine groups is 1. The molecule has 0 unspecified atom stereocenters. The minimum Gasteiger partial charge on any atom is -0.275 e. The van der Waals surface area contributed by atoms with Crippen LogP contribution in [0.25, 0.3) is 0 Å². The zero-order chi connectivity index (χ0) is 13.3. The molecule has 0 aromatic heterocycles. The highest BCUT2D eigenvalue weighted by molar-refractivity contribution is 6.00. The molecule has 1 aromatic rings. The second kappa shape index (κ2) is 4.28. The van der Waals surface area contributed by atoms with Crippen LogP contribution in [0, 0.1) is 15.9 Å². The number of amides is 3. The molecular weight excluding hydrogens is 247 g/mol. The average molecular weight is 254 g/mol. The summed E-state index contributed by atoms with van der Waals surface area (Å²) in [6.45, 7) is -0.277. The standard InChI is InChI=1S/C9H7FN4O4/c10-6-3-5(14(17)18)1-2-7(6)13-4-8(15)11-9(16)12-13/h1-3H,4H2,(H2,11,12,15,16). The number of urea groups is 1. The summed E-state index contributed by atoms with van der Waals surface area (Å²) in [6, 6.07) is 2.13. The molecule has 1 aliphatic rings. The van der Waals surface area contributed by atoms with E-state index < -0.39 is 28.4 Å². The number of carbonyl (C=O) groups is 2. The van der Waals surface area contributed by atoms with Crippen LogP contribution >= 0.6 is 0 Å². The maximum atomic E-state index is 13.6. The van der Waals surface area contributed by atoms with Gasteiger partial charge in [0.05, 0.1) is 16.7 Å². The number of rotatable bonds is 2. The molecule has 2 N–H and O–H groups in total. The minimum atomic E-state index is -0.904. The summed E-state index contributed by atoms with van der Waals surface area (Å²) in [6.07, 6.45) is 0. The van der Waals surface area contributed by atoms with Crippen LogP contribution in [0.2, 0.25) is 0 Å². The molecule has 0 saturated carbocycles. The van der Waals surface area contributed by atoms with Crippen molar-refractivity contribution >= 4 is 23.3 Å². The first-order valence-electron chi connectivity index (χ1n) is 4.79. The normalized spacial score (nSPS) is 15.1. The molecule has 1 heterocycles. The number of halogens is 1. The number of nitrogens with one attached hydrogen (secondary N) is 2. The Hall–Kier alpha value is -2.71. The Bertz CT molecular complexity index is 531. The van der Waals surface area contributed by atoms with Gasteiger partial charge in [-0.25, -0.2) is 14.6 Å². The van der Waals surface area contributed by atoms with Crippen molar-refractivity contribution < 1.29 is 18.9 Å². The molecular formula is C9H7FN4O4. The first-order chi connectivity index (χ1) is 8.47. The Kier molecular flexibility index (Phi) is 2.80. The van der Waals surface area contributed by atoms with Crippen LogP contribution in [0.15, 0.2) is 18.2 Å². The van der Waals surface area contributed by atoms with E-state index in [9.17, 15) is 24.1 Å². The number of nitrogens with zero attached hydrogens (tertiary/aromatic N) is 2. The number of anilines is 1. The highest BCUT2D eigenvalue weighted by Gasteiger charge is 2.24. The van der Waals surface area contributed by atoms with Crippen molar-refractivity contribution in [2.45, 2.75) is 0 Å². The van der Waals surface area contributed by atoms with Crippen molar-refractivity contribution in [1.29, 1.82) is 0 Å². The van der Waals surface area contributed by atoms with Crippen molar-refractivity contribution in [3.05, 3.63) is 34.1 Å². The summed E-state index contributed by atoms with van der Waals surface area (Å²) < 4.78 is 13.6. The van der Waals surface area contributed by atoms with E-state index in [1.54, 1.807) is 0 Å². The van der Waals surface area contributed by atoms with Gasteiger partial charge in [0.15, 0.2) is 5.82 Å². The third-order valence-corrected chi connectivity index (χ3v) is 2.22. The number of benzene rings is 1. The van der Waals surface area contributed by atoms with Gasteiger partial charge in [-0.3, -0.25) is 25.2 Å². The van der Waals surface area contributed by atoms with Crippen LogP contribution in [0.3, 0.4) is 0 Å². The van der Waals surface area contributed by atoms with Gasteiger partial charge in [-0.05, 0) is 6.07 Å². The van der Waals surface area contributed by atoms with Gasteiger partial charge in [-0.15, -0.1) is 0 Å². The number of hydrogen-bond acceptors (Lipinski definition) is 5. The molecule has 18 heavy (non-hydrogen) atoms. The Morgan fingerprint density at radius 2 is 2.11 bits per heavy atom. The molecule has 1 fully saturated rings. The summed E-state index contributed by atoms with van der Waals surface area (Å²) in [4.78, 5) is 31.8. The van der Waals surface area contributed by atoms with Gasteiger partial charge in [0.25, 0.3) is 5.69 Å². The van der Waals surface area contributed by atoms with Gasteiger partial charge in [-0.1, -0.05) is 0 Å². The van der Waals surface area contributed by atoms with E-state index in [0.717, 1.165) is 17.1 Å². The van der Waals surface area contributed by atoms with Crippen LogP contribution in [-0.4, -0.2) is 23.4 Å². The summed E-state index contributed by atoms with van der Waals surface area (Å²) in [7, 11) is 0. The second-order valence-corrected chi connectivity index (χ2v) is 3.47. The Balaban J connectivity index is 2.31. The fourth-order valence-corrected chi connectivity index (χ4v) is 1.47. The zero-order valence-corrected chi connectivity index (χ0v) is 8.84. The number of imide groups is 1. The Labute approximate surface area is 99.5 Å². The molecule has 1 saturated heterocycles. The van der Waals surface area contributed by atoms with E-state index >= 15 is 0 Å². The topological polar surface area (TPSA) is 105 Å². The van der Waals surface area contributed by atoms with Crippen LogP contribution in [0.4, 0.5) is 20.6 Å². The molecule has 1 aliphatic heterocycles. The molecule has 0 radical (unpaired) electrons. The van der Waals surface area contributed by atoms with Crippen molar-refractivity contribution in [2.24, 2.45) is 0 Å². The molecule has 9 heteroatoms. The van der Waals surface area contributed by atoms with Crippen LogP contribution < -0.4 is 15.8 Å². The summed E-state index contributed by atoms with van der Waals surface area (Å²) >= 11 is 0. The highest BCUT2D eigenvalue weighted by atomic mass is 19.1. The smallest absolute Gasteiger partial charge is 0.275 e. The molecule has 0 atom stereocenters. The molecule has 0 bridgehead atoms. The summed E-state index contributed by atoms with van der Waals surface area (Å²) in [5.41, 5.74) is 1.67. The van der Waals surface area contributed by atoms with Crippen LogP contribution in [0.5, 0.6) is 0 Å². The van der Waals surface area contributed by atoms with Gasteiger partial charge in [0, 0.05) is 6.07 Å². The van der Waals surface area contributed by atoms with Crippen LogP contribution in [-0.2, 0) is 4.79 Å². The second-order valence-electron chi connectivity index (χ2n) is 3.47. The Morgan fingerprint density at radius 3 is 2.67 bits per heavy atom.